The number of nitrogens with zero attached hydrogens (tertiary/aromatic N) is 2. The fraction of sp³-hybridized carbons (Fsp3) is 0.545. The number of carboxylic acids is 1. The Morgan fingerprint density at radius 2 is 2.14 bits per heavy atom. The van der Waals surface area contributed by atoms with Crippen LogP contribution in [-0.2, 0) is 14.8 Å². The maximum absolute atomic E-state index is 12.6. The lowest BCUT2D eigenvalue weighted by atomic mass is 9.95. The maximum atomic E-state index is 12.6. The van der Waals surface area contributed by atoms with Crippen LogP contribution < -0.4 is 5.73 Å². The van der Waals surface area contributed by atoms with Gasteiger partial charge >= 0.3 is 5.97 Å². The second-order valence-electron chi connectivity index (χ2n) is 4.89. The van der Waals surface area contributed by atoms with Gasteiger partial charge in [-0.25, -0.2) is 18.2 Å². The molecule has 116 valence electrons. The first-order valence-corrected chi connectivity index (χ1v) is 8.55. The molecule has 1 saturated heterocycles. The van der Waals surface area contributed by atoms with Crippen LogP contribution in [0.4, 0.5) is 0 Å². The van der Waals surface area contributed by atoms with Crippen molar-refractivity contribution in [3.05, 3.63) is 11.2 Å². The molecule has 3 N–H and O–H groups in total. The van der Waals surface area contributed by atoms with E-state index in [2.05, 4.69) is 4.98 Å². The molecule has 0 saturated carbocycles. The molecule has 1 aliphatic heterocycles. The number of thiazole rings is 1. The van der Waals surface area contributed by atoms with E-state index in [4.69, 9.17) is 10.8 Å². The number of primary amides is 1. The molecule has 21 heavy (non-hydrogen) atoms. The summed E-state index contributed by atoms with van der Waals surface area (Å²) in [5.74, 6) is -2.51. The molecular weight excluding hydrogens is 318 g/mol. The van der Waals surface area contributed by atoms with Crippen LogP contribution in [0.5, 0.6) is 0 Å². The molecule has 8 nitrogen and oxygen atoms in total. The minimum absolute atomic E-state index is 0.0320. The minimum Gasteiger partial charge on any atom is -0.476 e. The number of rotatable bonds is 4. The number of aromatic carboxylic acids is 1. The lowest BCUT2D eigenvalue weighted by Crippen LogP contribution is -2.48. The van der Waals surface area contributed by atoms with Crippen LogP contribution >= 0.6 is 11.3 Å². The van der Waals surface area contributed by atoms with E-state index in [0.29, 0.717) is 12.8 Å². The molecule has 0 aromatic carbocycles. The van der Waals surface area contributed by atoms with Crippen LogP contribution in [-0.4, -0.2) is 47.3 Å². The third-order valence-corrected chi connectivity index (χ3v) is 6.83. The molecule has 0 bridgehead atoms. The number of carbonyl (C=O) groups is 2. The summed E-state index contributed by atoms with van der Waals surface area (Å²) in [5.41, 5.74) is 5.94. The summed E-state index contributed by atoms with van der Waals surface area (Å²) in [6, 6.07) is -0.325. The van der Waals surface area contributed by atoms with Gasteiger partial charge in [-0.1, -0.05) is 0 Å². The molecule has 2 heterocycles. The standard InChI is InChI=1S/C11H15N3O5S2/c1-6-2-3-7(9(12)15)4-14(6)21(18,19)11-8(10(16)17)13-5-20-11/h5-7H,2-4H2,1H3,(H2,12,15)(H,16,17). The molecule has 2 unspecified atom stereocenters. The smallest absolute Gasteiger partial charge is 0.356 e. The van der Waals surface area contributed by atoms with Crippen molar-refractivity contribution in [2.45, 2.75) is 30.0 Å². The summed E-state index contributed by atoms with van der Waals surface area (Å²) in [6.45, 7) is 1.69. The van der Waals surface area contributed by atoms with Crippen LogP contribution in [0.3, 0.4) is 0 Å². The van der Waals surface area contributed by atoms with E-state index in [1.807, 2.05) is 0 Å². The maximum Gasteiger partial charge on any atom is 0.356 e. The summed E-state index contributed by atoms with van der Waals surface area (Å²) in [6.07, 6.45) is 1.02. The van der Waals surface area contributed by atoms with E-state index in [9.17, 15) is 18.0 Å². The van der Waals surface area contributed by atoms with Gasteiger partial charge in [-0.3, -0.25) is 4.79 Å². The van der Waals surface area contributed by atoms with Crippen molar-refractivity contribution in [1.82, 2.24) is 9.29 Å². The van der Waals surface area contributed by atoms with Crippen molar-refractivity contribution in [3.8, 4) is 0 Å². The van der Waals surface area contributed by atoms with Crippen LogP contribution in [0.2, 0.25) is 0 Å². The summed E-state index contributed by atoms with van der Waals surface area (Å²) >= 11 is 0.752. The first-order chi connectivity index (χ1) is 9.75. The Balaban J connectivity index is 2.39. The highest BCUT2D eigenvalue weighted by Gasteiger charge is 2.39. The van der Waals surface area contributed by atoms with Crippen molar-refractivity contribution in [3.63, 3.8) is 0 Å². The van der Waals surface area contributed by atoms with E-state index in [0.717, 1.165) is 15.6 Å². The van der Waals surface area contributed by atoms with Crippen molar-refractivity contribution in [1.29, 1.82) is 0 Å². The van der Waals surface area contributed by atoms with E-state index in [-0.39, 0.29) is 16.8 Å². The van der Waals surface area contributed by atoms with Crippen LogP contribution in [0, 0.1) is 5.92 Å². The minimum atomic E-state index is -4.01. The predicted molar refractivity (Wildman–Crippen MR) is 74.3 cm³/mol. The first kappa shape index (κ1) is 15.9. The number of carbonyl (C=O) groups excluding carboxylic acids is 1. The van der Waals surface area contributed by atoms with E-state index in [1.54, 1.807) is 6.92 Å². The molecule has 10 heteroatoms. The van der Waals surface area contributed by atoms with Crippen molar-refractivity contribution in [2.24, 2.45) is 11.7 Å². The van der Waals surface area contributed by atoms with Gasteiger partial charge in [0.05, 0.1) is 11.4 Å². The Bertz CT molecular complexity index is 669. The summed E-state index contributed by atoms with van der Waals surface area (Å²) in [7, 11) is -4.01. The number of aromatic nitrogens is 1. The zero-order valence-corrected chi connectivity index (χ0v) is 12.9. The second-order valence-corrected chi connectivity index (χ2v) is 7.83. The van der Waals surface area contributed by atoms with Crippen molar-refractivity contribution >= 4 is 33.2 Å². The summed E-state index contributed by atoms with van der Waals surface area (Å²) in [4.78, 5) is 25.9. The highest BCUT2D eigenvalue weighted by molar-refractivity contribution is 7.91. The van der Waals surface area contributed by atoms with Crippen molar-refractivity contribution in [2.75, 3.05) is 6.54 Å². The third-order valence-electron chi connectivity index (χ3n) is 3.51. The highest BCUT2D eigenvalue weighted by Crippen LogP contribution is 2.31. The molecule has 0 spiro atoms. The van der Waals surface area contributed by atoms with Gasteiger partial charge in [0, 0.05) is 12.6 Å². The second kappa shape index (κ2) is 5.70. The number of piperidine rings is 1. The fourth-order valence-corrected chi connectivity index (χ4v) is 5.27. The number of nitrogens with two attached hydrogens (primary N) is 1. The fourth-order valence-electron chi connectivity index (χ4n) is 2.31. The lowest BCUT2D eigenvalue weighted by Gasteiger charge is -2.35. The number of sulfonamides is 1. The Labute approximate surface area is 125 Å². The van der Waals surface area contributed by atoms with E-state index < -0.39 is 33.5 Å². The Hall–Kier alpha value is -1.52. The molecular formula is C11H15N3O5S2. The third kappa shape index (κ3) is 2.92. The first-order valence-electron chi connectivity index (χ1n) is 6.23. The van der Waals surface area contributed by atoms with Gasteiger partial charge in [0.1, 0.15) is 0 Å². The van der Waals surface area contributed by atoms with Gasteiger partial charge in [0.25, 0.3) is 10.0 Å². The largest absolute Gasteiger partial charge is 0.476 e. The molecule has 2 rings (SSSR count). The molecule has 1 aliphatic rings. The van der Waals surface area contributed by atoms with Crippen LogP contribution in [0.25, 0.3) is 0 Å². The topological polar surface area (TPSA) is 131 Å². The highest BCUT2D eigenvalue weighted by atomic mass is 32.2. The number of hydrogen-bond acceptors (Lipinski definition) is 6. The molecule has 1 aromatic heterocycles. The molecule has 1 amide bonds. The van der Waals surface area contributed by atoms with Gasteiger partial charge in [-0.2, -0.15) is 4.31 Å². The SMILES string of the molecule is CC1CCC(C(N)=O)CN1S(=O)(=O)c1scnc1C(=O)O. The van der Waals surface area contributed by atoms with Crippen molar-refractivity contribution < 1.29 is 23.1 Å². The number of carboxylic acid groups (broad SMARTS) is 1. The summed E-state index contributed by atoms with van der Waals surface area (Å²) < 4.78 is 26.1. The molecule has 0 radical (unpaired) electrons. The Kier molecular flexibility index (Phi) is 4.30. The van der Waals surface area contributed by atoms with Gasteiger partial charge in [0.2, 0.25) is 5.91 Å². The zero-order valence-electron chi connectivity index (χ0n) is 11.2. The van der Waals surface area contributed by atoms with Gasteiger partial charge in [0.15, 0.2) is 9.90 Å². The van der Waals surface area contributed by atoms with Crippen LogP contribution in [0.1, 0.15) is 30.3 Å². The van der Waals surface area contributed by atoms with E-state index >= 15 is 0 Å². The zero-order chi connectivity index (χ0) is 15.8. The normalized spacial score (nSPS) is 23.9. The van der Waals surface area contributed by atoms with Gasteiger partial charge in [-0.05, 0) is 19.8 Å². The van der Waals surface area contributed by atoms with Gasteiger partial charge in [-0.15, -0.1) is 11.3 Å². The average molecular weight is 333 g/mol. The molecule has 0 aliphatic carbocycles. The average Bonchev–Trinajstić information content (AvgIpc) is 2.88. The van der Waals surface area contributed by atoms with Crippen LogP contribution in [0.15, 0.2) is 9.72 Å². The predicted octanol–water partition coefficient (Wildman–Crippen LogP) is 0.116. The summed E-state index contributed by atoms with van der Waals surface area (Å²) in [5, 5.41) is 9.01. The number of amides is 1. The lowest BCUT2D eigenvalue weighted by molar-refractivity contribution is -0.123. The quantitative estimate of drug-likeness (QED) is 0.804. The van der Waals surface area contributed by atoms with E-state index in [1.165, 1.54) is 5.51 Å². The molecule has 2 atom stereocenters. The monoisotopic (exact) mass is 333 g/mol. The molecule has 1 fully saturated rings. The number of hydrogen-bond donors (Lipinski definition) is 2. The Morgan fingerprint density at radius 3 is 2.71 bits per heavy atom. The molecule has 1 aromatic rings. The Morgan fingerprint density at radius 1 is 1.48 bits per heavy atom. The van der Waals surface area contributed by atoms with Gasteiger partial charge < -0.3 is 10.8 Å².